The van der Waals surface area contributed by atoms with Gasteiger partial charge >= 0.3 is 0 Å². The molecule has 0 aliphatic rings. The first-order valence-corrected chi connectivity index (χ1v) is 10.6. The Bertz CT molecular complexity index is 893. The van der Waals surface area contributed by atoms with Gasteiger partial charge in [-0.15, -0.1) is 21.5 Å². The Labute approximate surface area is 174 Å². The maximum atomic E-state index is 12.7. The van der Waals surface area contributed by atoms with Crippen LogP contribution >= 0.6 is 11.3 Å². The maximum Gasteiger partial charge on any atom is 0.278 e. The topological polar surface area (TPSA) is 81.7 Å². The number of methoxy groups -OCH3 is 1. The van der Waals surface area contributed by atoms with E-state index in [-0.39, 0.29) is 11.9 Å². The van der Waals surface area contributed by atoms with Crippen LogP contribution in [0.3, 0.4) is 0 Å². The van der Waals surface area contributed by atoms with Gasteiger partial charge in [0, 0.05) is 6.54 Å². The molecule has 2 atom stereocenters. The van der Waals surface area contributed by atoms with Gasteiger partial charge in [0.15, 0.2) is 12.6 Å². The van der Waals surface area contributed by atoms with Crippen molar-refractivity contribution < 1.29 is 18.8 Å². The molecule has 3 aromatic rings. The minimum atomic E-state index is -0.231. The average molecular weight is 416 g/mol. The molecular weight excluding hydrogens is 388 g/mol. The summed E-state index contributed by atoms with van der Waals surface area (Å²) in [6, 6.07) is 11.4. The molecule has 0 fully saturated rings. The Morgan fingerprint density at radius 3 is 2.72 bits per heavy atom. The molecule has 3 rings (SSSR count). The molecule has 2 N–H and O–H groups in total. The van der Waals surface area contributed by atoms with E-state index in [2.05, 4.69) is 22.4 Å². The minimum absolute atomic E-state index is 0.00210. The summed E-state index contributed by atoms with van der Waals surface area (Å²) in [4.78, 5) is 14.8. The maximum absolute atomic E-state index is 12.7. The largest absolute Gasteiger partial charge is 0.497 e. The first-order valence-electron chi connectivity index (χ1n) is 9.72. The van der Waals surface area contributed by atoms with E-state index in [1.165, 1.54) is 0 Å². The third-order valence-corrected chi connectivity index (χ3v) is 5.64. The number of carbonyl (C=O) groups excluding carboxylic acids is 1. The first-order chi connectivity index (χ1) is 14.1. The highest BCUT2D eigenvalue weighted by molar-refractivity contribution is 7.13. The van der Waals surface area contributed by atoms with Gasteiger partial charge in [0.1, 0.15) is 5.75 Å². The number of aromatic nitrogens is 2. The summed E-state index contributed by atoms with van der Waals surface area (Å²) in [7, 11) is 1.64. The lowest BCUT2D eigenvalue weighted by Crippen LogP contribution is -3.15. The predicted octanol–water partition coefficient (Wildman–Crippen LogP) is 2.31. The van der Waals surface area contributed by atoms with Crippen LogP contribution in [0.5, 0.6) is 5.75 Å². The number of amides is 1. The summed E-state index contributed by atoms with van der Waals surface area (Å²) < 4.78 is 11.0. The zero-order valence-electron chi connectivity index (χ0n) is 17.0. The molecule has 1 amide bonds. The predicted molar refractivity (Wildman–Crippen MR) is 112 cm³/mol. The van der Waals surface area contributed by atoms with Crippen molar-refractivity contribution in [1.29, 1.82) is 0 Å². The van der Waals surface area contributed by atoms with Crippen molar-refractivity contribution in [3.05, 3.63) is 53.2 Å². The molecule has 8 heteroatoms. The van der Waals surface area contributed by atoms with Crippen molar-refractivity contribution in [2.24, 2.45) is 0 Å². The van der Waals surface area contributed by atoms with Crippen LogP contribution in [-0.2, 0) is 17.9 Å². The van der Waals surface area contributed by atoms with E-state index in [9.17, 15) is 4.79 Å². The number of quaternary nitrogens is 1. The van der Waals surface area contributed by atoms with Gasteiger partial charge < -0.3 is 19.4 Å². The van der Waals surface area contributed by atoms with Crippen LogP contribution in [0, 0.1) is 0 Å². The van der Waals surface area contributed by atoms with Crippen LogP contribution in [0.2, 0.25) is 0 Å². The number of thiophene rings is 1. The van der Waals surface area contributed by atoms with Crippen LogP contribution < -0.4 is 15.0 Å². The fourth-order valence-electron chi connectivity index (χ4n) is 3.07. The van der Waals surface area contributed by atoms with Gasteiger partial charge in [-0.2, -0.15) is 0 Å². The van der Waals surface area contributed by atoms with Crippen molar-refractivity contribution >= 4 is 17.2 Å². The zero-order valence-corrected chi connectivity index (χ0v) is 17.8. The van der Waals surface area contributed by atoms with E-state index < -0.39 is 0 Å². The molecule has 1 unspecified atom stereocenters. The third-order valence-electron chi connectivity index (χ3n) is 4.78. The zero-order chi connectivity index (χ0) is 20.6. The van der Waals surface area contributed by atoms with Crippen LogP contribution in [0.1, 0.15) is 31.7 Å². The van der Waals surface area contributed by atoms with E-state index in [0.29, 0.717) is 24.9 Å². The average Bonchev–Trinajstić information content (AvgIpc) is 3.43. The standard InChI is InChI=1S/C21H26N4O3S/c1-4-11-25(14-19-23-24-21(28-19)18-6-5-12-29-18)15(2)20(26)22-13-16-7-9-17(27-3)10-8-16/h5-10,12,15H,4,11,13-14H2,1-3H3,(H,22,26)/p+1/t15-/m0/s1. The summed E-state index contributed by atoms with van der Waals surface area (Å²) >= 11 is 1.56. The summed E-state index contributed by atoms with van der Waals surface area (Å²) in [5, 5.41) is 13.3. The Balaban J connectivity index is 1.59. The van der Waals surface area contributed by atoms with Gasteiger partial charge in [-0.05, 0) is 42.5 Å². The molecular formula is C21H27N4O3S+. The highest BCUT2D eigenvalue weighted by Crippen LogP contribution is 2.22. The van der Waals surface area contributed by atoms with Crippen LogP contribution in [0.25, 0.3) is 10.8 Å². The quantitative estimate of drug-likeness (QED) is 0.531. The van der Waals surface area contributed by atoms with Crippen LogP contribution in [0.4, 0.5) is 0 Å². The molecule has 154 valence electrons. The smallest absolute Gasteiger partial charge is 0.278 e. The van der Waals surface area contributed by atoms with Crippen molar-refractivity contribution in [2.45, 2.75) is 39.4 Å². The number of hydrogen-bond donors (Lipinski definition) is 2. The van der Waals surface area contributed by atoms with Gasteiger partial charge in [-0.3, -0.25) is 4.79 Å². The van der Waals surface area contributed by atoms with Gasteiger partial charge in [-0.1, -0.05) is 25.1 Å². The second-order valence-electron chi connectivity index (χ2n) is 6.85. The van der Waals surface area contributed by atoms with Crippen molar-refractivity contribution in [3.63, 3.8) is 0 Å². The molecule has 29 heavy (non-hydrogen) atoms. The Morgan fingerprint density at radius 2 is 2.07 bits per heavy atom. The summed E-state index contributed by atoms with van der Waals surface area (Å²) in [6.07, 6.45) is 0.956. The molecule has 7 nitrogen and oxygen atoms in total. The van der Waals surface area contributed by atoms with E-state index in [0.717, 1.165) is 34.1 Å². The summed E-state index contributed by atoms with van der Waals surface area (Å²) in [5.74, 6) is 1.88. The van der Waals surface area contributed by atoms with Crippen molar-refractivity contribution in [2.75, 3.05) is 13.7 Å². The number of hydrogen-bond acceptors (Lipinski definition) is 6. The molecule has 0 aliphatic heterocycles. The fraction of sp³-hybridized carbons (Fsp3) is 0.381. The molecule has 0 bridgehead atoms. The molecule has 0 aliphatic carbocycles. The number of rotatable bonds is 10. The lowest BCUT2D eigenvalue weighted by molar-refractivity contribution is -0.929. The van der Waals surface area contributed by atoms with Gasteiger partial charge in [0.25, 0.3) is 17.7 Å². The number of nitrogens with one attached hydrogen (secondary N) is 2. The molecule has 1 aromatic carbocycles. The fourth-order valence-corrected chi connectivity index (χ4v) is 3.71. The monoisotopic (exact) mass is 415 g/mol. The lowest BCUT2D eigenvalue weighted by atomic mass is 10.2. The van der Waals surface area contributed by atoms with Gasteiger partial charge in [0.2, 0.25) is 0 Å². The molecule has 0 radical (unpaired) electrons. The van der Waals surface area contributed by atoms with Crippen molar-refractivity contribution in [1.82, 2.24) is 15.5 Å². The summed E-state index contributed by atoms with van der Waals surface area (Å²) in [6.45, 7) is 5.88. The SMILES string of the molecule is CCC[NH+](Cc1nnc(-c2cccs2)o1)[C@@H](C)C(=O)NCc1ccc(OC)cc1. The Hall–Kier alpha value is -2.71. The molecule has 0 spiro atoms. The van der Waals surface area contributed by atoms with Crippen LogP contribution in [0.15, 0.2) is 46.2 Å². The Morgan fingerprint density at radius 1 is 1.28 bits per heavy atom. The van der Waals surface area contributed by atoms with Gasteiger partial charge in [-0.25, -0.2) is 0 Å². The second kappa shape index (κ2) is 10.2. The number of carbonyl (C=O) groups is 1. The molecule has 2 aromatic heterocycles. The van der Waals surface area contributed by atoms with E-state index in [4.69, 9.17) is 9.15 Å². The normalized spacial score (nSPS) is 13.1. The number of benzene rings is 1. The first kappa shape index (κ1) is 21.0. The summed E-state index contributed by atoms with van der Waals surface area (Å²) in [5.41, 5.74) is 1.03. The third kappa shape index (κ3) is 5.65. The second-order valence-corrected chi connectivity index (χ2v) is 7.80. The highest BCUT2D eigenvalue weighted by atomic mass is 32.1. The van der Waals surface area contributed by atoms with Crippen LogP contribution in [-0.4, -0.2) is 35.8 Å². The van der Waals surface area contributed by atoms with E-state index in [1.54, 1.807) is 18.4 Å². The Kier molecular flexibility index (Phi) is 7.37. The molecule has 0 saturated heterocycles. The number of nitrogens with zero attached hydrogens (tertiary/aromatic N) is 2. The lowest BCUT2D eigenvalue weighted by Gasteiger charge is -2.23. The van der Waals surface area contributed by atoms with E-state index in [1.807, 2.05) is 48.7 Å². The number of ether oxygens (including phenoxy) is 1. The van der Waals surface area contributed by atoms with Gasteiger partial charge in [0.05, 0.1) is 18.5 Å². The molecule has 0 saturated carbocycles. The van der Waals surface area contributed by atoms with E-state index >= 15 is 0 Å². The molecule has 2 heterocycles. The van der Waals surface area contributed by atoms with Crippen molar-refractivity contribution in [3.8, 4) is 16.5 Å². The highest BCUT2D eigenvalue weighted by Gasteiger charge is 2.26. The minimum Gasteiger partial charge on any atom is -0.497 e.